The van der Waals surface area contributed by atoms with Gasteiger partial charge in [0.15, 0.2) is 9.84 Å². The molecule has 8 heteroatoms. The Hall–Kier alpha value is -1.15. The summed E-state index contributed by atoms with van der Waals surface area (Å²) >= 11 is 0. The van der Waals surface area contributed by atoms with Crippen LogP contribution in [0.5, 0.6) is 0 Å². The maximum absolute atomic E-state index is 11.3. The van der Waals surface area contributed by atoms with Gasteiger partial charge in [-0.1, -0.05) is 0 Å². The van der Waals surface area contributed by atoms with Crippen molar-refractivity contribution in [1.29, 1.82) is 0 Å². The van der Waals surface area contributed by atoms with Gasteiger partial charge < -0.3 is 11.1 Å². The van der Waals surface area contributed by atoms with E-state index in [1.165, 1.54) is 0 Å². The third kappa shape index (κ3) is 4.58. The number of imide groups is 1. The Balaban J connectivity index is 2.33. The Morgan fingerprint density at radius 2 is 2.06 bits per heavy atom. The molecular weight excluding hydrogens is 234 g/mol. The lowest BCUT2D eigenvalue weighted by molar-refractivity contribution is -0.119. The van der Waals surface area contributed by atoms with Crippen molar-refractivity contribution in [3.05, 3.63) is 0 Å². The Kier molecular flexibility index (Phi) is 4.25. The van der Waals surface area contributed by atoms with Gasteiger partial charge >= 0.3 is 6.03 Å². The minimum atomic E-state index is -2.99. The molecule has 1 aliphatic heterocycles. The van der Waals surface area contributed by atoms with E-state index in [1.54, 1.807) is 0 Å². The molecule has 7 nitrogen and oxygen atoms in total. The zero-order valence-electron chi connectivity index (χ0n) is 8.73. The van der Waals surface area contributed by atoms with Gasteiger partial charge in [0.05, 0.1) is 18.1 Å². The quantitative estimate of drug-likeness (QED) is 0.553. The van der Waals surface area contributed by atoms with E-state index in [4.69, 9.17) is 5.73 Å². The van der Waals surface area contributed by atoms with Gasteiger partial charge in [0.25, 0.3) is 0 Å². The van der Waals surface area contributed by atoms with Gasteiger partial charge in [0, 0.05) is 6.04 Å². The van der Waals surface area contributed by atoms with E-state index in [9.17, 15) is 18.0 Å². The molecule has 0 aromatic rings. The van der Waals surface area contributed by atoms with Crippen LogP contribution in [-0.2, 0) is 14.6 Å². The van der Waals surface area contributed by atoms with Crippen LogP contribution < -0.4 is 16.4 Å². The number of nitrogens with two attached hydrogens (primary N) is 1. The molecule has 1 rings (SSSR count). The summed E-state index contributed by atoms with van der Waals surface area (Å²) in [5.41, 5.74) is 4.75. The van der Waals surface area contributed by atoms with Gasteiger partial charge in [-0.25, -0.2) is 13.2 Å². The Morgan fingerprint density at radius 3 is 2.62 bits per heavy atom. The molecule has 92 valence electrons. The summed E-state index contributed by atoms with van der Waals surface area (Å²) in [6, 6.07) is -1.14. The first-order chi connectivity index (χ1) is 7.39. The maximum atomic E-state index is 11.3. The predicted molar refractivity (Wildman–Crippen MR) is 57.4 cm³/mol. The molecule has 0 radical (unpaired) electrons. The van der Waals surface area contributed by atoms with Gasteiger partial charge in [0.2, 0.25) is 5.91 Å². The molecule has 1 heterocycles. The summed E-state index contributed by atoms with van der Waals surface area (Å²) < 4.78 is 22.5. The lowest BCUT2D eigenvalue weighted by Crippen LogP contribution is -2.46. The Bertz CT molecular complexity index is 379. The van der Waals surface area contributed by atoms with Crippen LogP contribution >= 0.6 is 0 Å². The fraction of sp³-hybridized carbons (Fsp3) is 0.750. The average Bonchev–Trinajstić information content (AvgIpc) is 2.12. The summed E-state index contributed by atoms with van der Waals surface area (Å²) in [6.07, 6.45) is 1.31. The number of urea groups is 1. The highest BCUT2D eigenvalue weighted by Gasteiger charge is 2.24. The first-order valence-electron chi connectivity index (χ1n) is 4.92. The van der Waals surface area contributed by atoms with Crippen LogP contribution in [0.15, 0.2) is 0 Å². The zero-order valence-corrected chi connectivity index (χ0v) is 9.55. The zero-order chi connectivity index (χ0) is 12.2. The van der Waals surface area contributed by atoms with E-state index < -0.39 is 21.8 Å². The normalized spacial score (nSPS) is 23.6. The third-order valence-corrected chi connectivity index (χ3v) is 4.10. The highest BCUT2D eigenvalue weighted by molar-refractivity contribution is 7.91. The van der Waals surface area contributed by atoms with Crippen molar-refractivity contribution in [3.8, 4) is 0 Å². The SMILES string of the molecule is NC(=O)NC(=O)CNC1CCCS(=O)(=O)C1. The number of rotatable bonds is 3. The highest BCUT2D eigenvalue weighted by atomic mass is 32.2. The summed E-state index contributed by atoms with van der Waals surface area (Å²) in [6.45, 7) is -0.108. The smallest absolute Gasteiger partial charge is 0.318 e. The Labute approximate surface area is 93.7 Å². The van der Waals surface area contributed by atoms with Crippen LogP contribution in [0.2, 0.25) is 0 Å². The van der Waals surface area contributed by atoms with Crippen LogP contribution in [0.3, 0.4) is 0 Å². The predicted octanol–water partition coefficient (Wildman–Crippen LogP) is -1.65. The molecule has 1 saturated heterocycles. The van der Waals surface area contributed by atoms with E-state index in [0.717, 1.165) is 0 Å². The maximum Gasteiger partial charge on any atom is 0.318 e. The molecule has 0 aromatic heterocycles. The van der Waals surface area contributed by atoms with E-state index in [0.29, 0.717) is 12.8 Å². The monoisotopic (exact) mass is 249 g/mol. The van der Waals surface area contributed by atoms with E-state index in [-0.39, 0.29) is 24.1 Å². The molecule has 0 spiro atoms. The van der Waals surface area contributed by atoms with E-state index in [1.807, 2.05) is 5.32 Å². The van der Waals surface area contributed by atoms with Crippen molar-refractivity contribution in [2.24, 2.45) is 5.73 Å². The lowest BCUT2D eigenvalue weighted by atomic mass is 10.2. The average molecular weight is 249 g/mol. The third-order valence-electron chi connectivity index (χ3n) is 2.28. The molecule has 1 fully saturated rings. The number of primary amides is 1. The van der Waals surface area contributed by atoms with Crippen molar-refractivity contribution >= 4 is 21.8 Å². The molecule has 0 aliphatic carbocycles. The number of carbonyl (C=O) groups excluding carboxylic acids is 2. The number of sulfone groups is 1. The summed E-state index contributed by atoms with van der Waals surface area (Å²) in [5, 5.41) is 4.67. The molecule has 1 atom stereocenters. The van der Waals surface area contributed by atoms with Crippen LogP contribution in [0, 0.1) is 0 Å². The molecule has 16 heavy (non-hydrogen) atoms. The summed E-state index contributed by atoms with van der Waals surface area (Å²) in [4.78, 5) is 21.4. The lowest BCUT2D eigenvalue weighted by Gasteiger charge is -2.22. The molecule has 0 saturated carbocycles. The van der Waals surface area contributed by atoms with Crippen molar-refractivity contribution in [2.45, 2.75) is 18.9 Å². The van der Waals surface area contributed by atoms with Crippen molar-refractivity contribution < 1.29 is 18.0 Å². The van der Waals surface area contributed by atoms with Crippen LogP contribution in [0.4, 0.5) is 4.79 Å². The number of carbonyl (C=O) groups is 2. The summed E-state index contributed by atoms with van der Waals surface area (Å²) in [5.74, 6) is -0.314. The molecule has 1 aliphatic rings. The topological polar surface area (TPSA) is 118 Å². The molecule has 0 bridgehead atoms. The molecule has 1 unspecified atom stereocenters. The first kappa shape index (κ1) is 12.9. The van der Waals surface area contributed by atoms with Gasteiger partial charge in [-0.3, -0.25) is 10.1 Å². The number of hydrogen-bond donors (Lipinski definition) is 3. The fourth-order valence-corrected chi connectivity index (χ4v) is 3.27. The first-order valence-corrected chi connectivity index (χ1v) is 6.74. The summed E-state index contributed by atoms with van der Waals surface area (Å²) in [7, 11) is -2.99. The van der Waals surface area contributed by atoms with Crippen LogP contribution in [-0.4, -0.2) is 44.4 Å². The molecule has 0 aromatic carbocycles. The minimum Gasteiger partial charge on any atom is -0.351 e. The standard InChI is InChI=1S/C8H15N3O4S/c9-8(13)11-7(12)4-10-6-2-1-3-16(14,15)5-6/h6,10H,1-5H2,(H3,9,11,12,13). The second kappa shape index (κ2) is 5.26. The number of hydrogen-bond acceptors (Lipinski definition) is 5. The fourth-order valence-electron chi connectivity index (χ4n) is 1.60. The molecular formula is C8H15N3O4S. The highest BCUT2D eigenvalue weighted by Crippen LogP contribution is 2.11. The van der Waals surface area contributed by atoms with Crippen molar-refractivity contribution in [2.75, 3.05) is 18.1 Å². The van der Waals surface area contributed by atoms with E-state index in [2.05, 4.69) is 5.32 Å². The van der Waals surface area contributed by atoms with Crippen molar-refractivity contribution in [1.82, 2.24) is 10.6 Å². The van der Waals surface area contributed by atoms with Gasteiger partial charge in [-0.2, -0.15) is 0 Å². The minimum absolute atomic E-state index is 0.0385. The second-order valence-corrected chi connectivity index (χ2v) is 5.98. The van der Waals surface area contributed by atoms with Crippen LogP contribution in [0.25, 0.3) is 0 Å². The second-order valence-electron chi connectivity index (χ2n) is 3.75. The number of amides is 3. The van der Waals surface area contributed by atoms with Gasteiger partial charge in [-0.15, -0.1) is 0 Å². The molecule has 3 amide bonds. The van der Waals surface area contributed by atoms with Crippen molar-refractivity contribution in [3.63, 3.8) is 0 Å². The largest absolute Gasteiger partial charge is 0.351 e. The Morgan fingerprint density at radius 1 is 1.38 bits per heavy atom. The van der Waals surface area contributed by atoms with E-state index >= 15 is 0 Å². The van der Waals surface area contributed by atoms with Crippen LogP contribution in [0.1, 0.15) is 12.8 Å². The van der Waals surface area contributed by atoms with Gasteiger partial charge in [0.1, 0.15) is 0 Å². The molecule has 4 N–H and O–H groups in total. The van der Waals surface area contributed by atoms with Gasteiger partial charge in [-0.05, 0) is 12.8 Å². The number of nitrogens with one attached hydrogen (secondary N) is 2.